The van der Waals surface area contributed by atoms with E-state index >= 15 is 0 Å². The first-order valence-corrected chi connectivity index (χ1v) is 3.34. The van der Waals surface area contributed by atoms with Gasteiger partial charge in [0.05, 0.1) is 5.52 Å². The molecule has 0 atom stereocenters. The molecule has 2 heterocycles. The number of hydrogen-bond acceptors (Lipinski definition) is 3. The predicted molar refractivity (Wildman–Crippen MR) is 43.0 cm³/mol. The van der Waals surface area contributed by atoms with Crippen LogP contribution in [0.4, 0.5) is 0 Å². The summed E-state index contributed by atoms with van der Waals surface area (Å²) in [5, 5.41) is 5.98. The number of nitrogens with zero attached hydrogens (tertiary/aromatic N) is 1. The molecule has 0 unspecified atom stereocenters. The molecule has 0 spiro atoms. The van der Waals surface area contributed by atoms with Crippen molar-refractivity contribution in [1.82, 2.24) is 15.2 Å². The van der Waals surface area contributed by atoms with Gasteiger partial charge in [0.15, 0.2) is 0 Å². The zero-order chi connectivity index (χ0) is 8.55. The van der Waals surface area contributed by atoms with E-state index < -0.39 is 0 Å². The molecule has 0 saturated carbocycles. The van der Waals surface area contributed by atoms with Gasteiger partial charge in [-0.2, -0.15) is 5.10 Å². The molecule has 2 aromatic rings. The largest absolute Gasteiger partial charge is 0.320 e. The Bertz CT molecular complexity index is 481. The van der Waals surface area contributed by atoms with Crippen molar-refractivity contribution in [1.29, 1.82) is 0 Å². The van der Waals surface area contributed by atoms with Crippen LogP contribution in [-0.4, -0.2) is 15.2 Å². The second-order valence-electron chi connectivity index (χ2n) is 2.35. The van der Waals surface area contributed by atoms with Crippen LogP contribution in [0.2, 0.25) is 0 Å². The first-order valence-electron chi connectivity index (χ1n) is 3.34. The highest BCUT2D eigenvalue weighted by Gasteiger charge is 1.94. The SMILES string of the molecule is O=c1cc2[nH]c(=O)ccc2n[nH]1. The standard InChI is InChI=1S/C7H5N3O2/c11-6-2-1-4-5(8-6)3-7(12)10-9-4/h1-3H,(H,8,11)(H,10,12). The first kappa shape index (κ1) is 6.78. The Kier molecular flexibility index (Phi) is 1.30. The average molecular weight is 163 g/mol. The smallest absolute Gasteiger partial charge is 0.266 e. The fraction of sp³-hybridized carbons (Fsp3) is 0. The average Bonchev–Trinajstić information content (AvgIpc) is 2.03. The maximum atomic E-state index is 10.8. The number of pyridine rings is 1. The van der Waals surface area contributed by atoms with Crippen LogP contribution in [0, 0.1) is 0 Å². The van der Waals surface area contributed by atoms with E-state index in [0.717, 1.165) is 0 Å². The summed E-state index contributed by atoms with van der Waals surface area (Å²) in [5.41, 5.74) is 0.444. The van der Waals surface area contributed by atoms with Crippen LogP contribution >= 0.6 is 0 Å². The van der Waals surface area contributed by atoms with Crippen molar-refractivity contribution in [3.05, 3.63) is 38.9 Å². The van der Waals surface area contributed by atoms with E-state index in [1.165, 1.54) is 12.1 Å². The van der Waals surface area contributed by atoms with E-state index in [4.69, 9.17) is 0 Å². The minimum absolute atomic E-state index is 0.241. The molecular weight excluding hydrogens is 158 g/mol. The number of nitrogens with one attached hydrogen (secondary N) is 2. The lowest BCUT2D eigenvalue weighted by molar-refractivity contribution is 1.02. The molecule has 60 valence electrons. The molecule has 0 amide bonds. The Balaban J connectivity index is 2.98. The first-order chi connectivity index (χ1) is 5.75. The highest BCUT2D eigenvalue weighted by molar-refractivity contribution is 5.72. The van der Waals surface area contributed by atoms with Crippen LogP contribution in [0.3, 0.4) is 0 Å². The van der Waals surface area contributed by atoms with E-state index in [9.17, 15) is 9.59 Å². The topological polar surface area (TPSA) is 78.6 Å². The van der Waals surface area contributed by atoms with Crippen LogP contribution in [0.15, 0.2) is 27.8 Å². The fourth-order valence-corrected chi connectivity index (χ4v) is 0.969. The normalized spacial score (nSPS) is 10.3. The minimum Gasteiger partial charge on any atom is -0.320 e. The van der Waals surface area contributed by atoms with E-state index in [2.05, 4.69) is 15.2 Å². The van der Waals surface area contributed by atoms with Gasteiger partial charge in [0.1, 0.15) is 5.52 Å². The summed E-state index contributed by atoms with van der Waals surface area (Å²) in [4.78, 5) is 24.0. The molecule has 0 aromatic carbocycles. The summed E-state index contributed by atoms with van der Waals surface area (Å²) in [5.74, 6) is 0. The number of H-pyrrole nitrogens is 2. The van der Waals surface area contributed by atoms with Gasteiger partial charge in [0, 0.05) is 12.1 Å². The van der Waals surface area contributed by atoms with Crippen LogP contribution in [0.25, 0.3) is 11.0 Å². The number of rotatable bonds is 0. The van der Waals surface area contributed by atoms with Crippen molar-refractivity contribution in [2.45, 2.75) is 0 Å². The van der Waals surface area contributed by atoms with Gasteiger partial charge in [-0.25, -0.2) is 5.10 Å². The molecule has 12 heavy (non-hydrogen) atoms. The van der Waals surface area contributed by atoms with Crippen molar-refractivity contribution in [3.8, 4) is 0 Å². The zero-order valence-electron chi connectivity index (χ0n) is 6.00. The molecule has 0 aliphatic carbocycles. The maximum absolute atomic E-state index is 10.8. The second kappa shape index (κ2) is 2.30. The number of aromatic amines is 2. The summed E-state index contributed by atoms with van der Waals surface area (Å²) in [6.07, 6.45) is 0. The van der Waals surface area contributed by atoms with Crippen LogP contribution in [0.5, 0.6) is 0 Å². The third-order valence-corrected chi connectivity index (χ3v) is 1.49. The lowest BCUT2D eigenvalue weighted by Crippen LogP contribution is -2.10. The van der Waals surface area contributed by atoms with Crippen molar-refractivity contribution < 1.29 is 0 Å². The summed E-state index contributed by atoms with van der Waals surface area (Å²) in [6.45, 7) is 0. The van der Waals surface area contributed by atoms with E-state index in [1.54, 1.807) is 6.07 Å². The molecule has 5 nitrogen and oxygen atoms in total. The van der Waals surface area contributed by atoms with Gasteiger partial charge in [0.25, 0.3) is 5.56 Å². The Morgan fingerprint density at radius 1 is 1.17 bits per heavy atom. The van der Waals surface area contributed by atoms with Gasteiger partial charge < -0.3 is 4.98 Å². The van der Waals surface area contributed by atoms with Gasteiger partial charge in [-0.3, -0.25) is 9.59 Å². The molecule has 0 saturated heterocycles. The van der Waals surface area contributed by atoms with Gasteiger partial charge in [-0.05, 0) is 6.07 Å². The van der Waals surface area contributed by atoms with Gasteiger partial charge in [0.2, 0.25) is 5.56 Å². The molecule has 2 aromatic heterocycles. The van der Waals surface area contributed by atoms with Gasteiger partial charge in [-0.15, -0.1) is 0 Å². The zero-order valence-corrected chi connectivity index (χ0v) is 6.00. The molecule has 0 aliphatic heterocycles. The number of aromatic nitrogens is 3. The van der Waals surface area contributed by atoms with Crippen LogP contribution in [0.1, 0.15) is 0 Å². The molecule has 0 bridgehead atoms. The Labute approximate surface area is 66.1 Å². The molecule has 2 N–H and O–H groups in total. The summed E-state index contributed by atoms with van der Waals surface area (Å²) in [7, 11) is 0. The molecule has 5 heteroatoms. The third-order valence-electron chi connectivity index (χ3n) is 1.49. The number of fused-ring (bicyclic) bond motifs is 1. The highest BCUT2D eigenvalue weighted by atomic mass is 16.1. The van der Waals surface area contributed by atoms with E-state index in [0.29, 0.717) is 11.0 Å². The lowest BCUT2D eigenvalue weighted by Gasteiger charge is -1.91. The summed E-state index contributed by atoms with van der Waals surface area (Å²) >= 11 is 0. The van der Waals surface area contributed by atoms with E-state index in [-0.39, 0.29) is 11.1 Å². The Morgan fingerprint density at radius 2 is 2.00 bits per heavy atom. The molecule has 0 fully saturated rings. The molecular formula is C7H5N3O2. The fourth-order valence-electron chi connectivity index (χ4n) is 0.969. The maximum Gasteiger partial charge on any atom is 0.266 e. The Morgan fingerprint density at radius 3 is 2.83 bits per heavy atom. The predicted octanol–water partition coefficient (Wildman–Crippen LogP) is -0.389. The highest BCUT2D eigenvalue weighted by Crippen LogP contribution is 1.98. The van der Waals surface area contributed by atoms with Crippen molar-refractivity contribution in [2.24, 2.45) is 0 Å². The van der Waals surface area contributed by atoms with Crippen molar-refractivity contribution in [2.75, 3.05) is 0 Å². The van der Waals surface area contributed by atoms with E-state index in [1.807, 2.05) is 0 Å². The van der Waals surface area contributed by atoms with Gasteiger partial charge >= 0.3 is 0 Å². The van der Waals surface area contributed by atoms with Crippen molar-refractivity contribution >= 4 is 11.0 Å². The van der Waals surface area contributed by atoms with Gasteiger partial charge in [-0.1, -0.05) is 0 Å². The van der Waals surface area contributed by atoms with Crippen LogP contribution < -0.4 is 11.1 Å². The molecule has 0 aliphatic rings. The molecule has 2 rings (SSSR count). The summed E-state index contributed by atoms with van der Waals surface area (Å²) < 4.78 is 0. The third kappa shape index (κ3) is 1.01. The summed E-state index contributed by atoms with van der Waals surface area (Å²) in [6, 6.07) is 4.20. The van der Waals surface area contributed by atoms with Crippen LogP contribution in [-0.2, 0) is 0 Å². The van der Waals surface area contributed by atoms with Crippen molar-refractivity contribution in [3.63, 3.8) is 0 Å². The molecule has 0 radical (unpaired) electrons. The monoisotopic (exact) mass is 163 g/mol. The number of hydrogen-bond donors (Lipinski definition) is 2. The quantitative estimate of drug-likeness (QED) is 0.555. The second-order valence-corrected chi connectivity index (χ2v) is 2.35. The Hall–Kier alpha value is -1.91. The lowest BCUT2D eigenvalue weighted by atomic mass is 10.3. The minimum atomic E-state index is -0.329.